The van der Waals surface area contributed by atoms with Gasteiger partial charge in [0.2, 0.25) is 0 Å². The molecule has 5 heteroatoms. The Labute approximate surface area is 121 Å². The van der Waals surface area contributed by atoms with E-state index in [1.807, 2.05) is 25.1 Å². The van der Waals surface area contributed by atoms with E-state index >= 15 is 0 Å². The van der Waals surface area contributed by atoms with Crippen LogP contribution in [0.15, 0.2) is 42.5 Å². The number of benzene rings is 2. The first-order valence-electron chi connectivity index (χ1n) is 6.44. The van der Waals surface area contributed by atoms with Crippen LogP contribution >= 0.6 is 0 Å². The Hall–Kier alpha value is -2.43. The summed E-state index contributed by atoms with van der Waals surface area (Å²) in [5, 5.41) is 2.52. The highest BCUT2D eigenvalue weighted by molar-refractivity contribution is 5.77. The number of rotatable bonds is 5. The van der Waals surface area contributed by atoms with Gasteiger partial charge < -0.3 is 10.1 Å². The van der Waals surface area contributed by atoms with E-state index in [0.717, 1.165) is 17.7 Å². The van der Waals surface area contributed by atoms with E-state index in [1.165, 1.54) is 6.07 Å². The summed E-state index contributed by atoms with van der Waals surface area (Å²) in [6.45, 7) is 1.75. The zero-order valence-electron chi connectivity index (χ0n) is 11.5. The minimum atomic E-state index is -0.685. The van der Waals surface area contributed by atoms with Crippen LogP contribution in [0, 0.1) is 18.6 Å². The molecular weight excluding hydrogens is 276 g/mol. The van der Waals surface area contributed by atoms with Crippen molar-refractivity contribution in [3.05, 3.63) is 65.2 Å². The van der Waals surface area contributed by atoms with E-state index in [2.05, 4.69) is 5.32 Å². The van der Waals surface area contributed by atoms with Crippen molar-refractivity contribution in [2.24, 2.45) is 0 Å². The van der Waals surface area contributed by atoms with Crippen molar-refractivity contribution in [1.82, 2.24) is 5.32 Å². The first-order valence-corrected chi connectivity index (χ1v) is 6.44. The lowest BCUT2D eigenvalue weighted by Gasteiger charge is -2.08. The van der Waals surface area contributed by atoms with Gasteiger partial charge >= 0.3 is 0 Å². The van der Waals surface area contributed by atoms with Crippen molar-refractivity contribution >= 4 is 5.91 Å². The Morgan fingerprint density at radius 2 is 2.00 bits per heavy atom. The number of aryl methyl sites for hydroxylation is 1. The Balaban J connectivity index is 1.82. The third kappa shape index (κ3) is 4.56. The van der Waals surface area contributed by atoms with Gasteiger partial charge in [0, 0.05) is 18.2 Å². The molecule has 0 aliphatic carbocycles. The third-order valence-corrected chi connectivity index (χ3v) is 2.85. The van der Waals surface area contributed by atoms with E-state index in [-0.39, 0.29) is 24.6 Å². The molecule has 3 nitrogen and oxygen atoms in total. The number of amides is 1. The topological polar surface area (TPSA) is 38.3 Å². The lowest BCUT2D eigenvalue weighted by atomic mass is 10.2. The summed E-state index contributed by atoms with van der Waals surface area (Å²) in [7, 11) is 0. The highest BCUT2D eigenvalue weighted by atomic mass is 19.1. The number of halogens is 2. The predicted octanol–water partition coefficient (Wildman–Crippen LogP) is 2.97. The van der Waals surface area contributed by atoms with Gasteiger partial charge in [-0.3, -0.25) is 4.79 Å². The summed E-state index contributed by atoms with van der Waals surface area (Å²) in [6.07, 6.45) is 0. The van der Waals surface area contributed by atoms with Gasteiger partial charge in [-0.2, -0.15) is 0 Å². The molecule has 110 valence electrons. The summed E-state index contributed by atoms with van der Waals surface area (Å²) in [5.74, 6) is -1.11. The molecule has 21 heavy (non-hydrogen) atoms. The monoisotopic (exact) mass is 291 g/mol. The average Bonchev–Trinajstić information content (AvgIpc) is 2.44. The van der Waals surface area contributed by atoms with Crippen molar-refractivity contribution < 1.29 is 18.3 Å². The van der Waals surface area contributed by atoms with Crippen LogP contribution in [0.5, 0.6) is 5.75 Å². The van der Waals surface area contributed by atoms with Gasteiger partial charge in [-0.25, -0.2) is 8.78 Å². The van der Waals surface area contributed by atoms with Gasteiger partial charge in [0.05, 0.1) is 0 Å². The van der Waals surface area contributed by atoms with Gasteiger partial charge in [0.1, 0.15) is 17.4 Å². The molecule has 2 aromatic rings. The molecule has 0 fully saturated rings. The van der Waals surface area contributed by atoms with E-state index in [4.69, 9.17) is 4.74 Å². The average molecular weight is 291 g/mol. The maximum atomic E-state index is 13.4. The zero-order valence-corrected chi connectivity index (χ0v) is 11.5. The number of carbonyl (C=O) groups is 1. The number of nitrogens with one attached hydrogen (secondary N) is 1. The molecule has 1 amide bonds. The van der Waals surface area contributed by atoms with Crippen molar-refractivity contribution in [3.8, 4) is 5.75 Å². The van der Waals surface area contributed by atoms with E-state index in [1.54, 1.807) is 6.07 Å². The molecule has 1 N–H and O–H groups in total. The summed E-state index contributed by atoms with van der Waals surface area (Å²) in [4.78, 5) is 11.6. The summed E-state index contributed by atoms with van der Waals surface area (Å²) < 4.78 is 31.4. The maximum absolute atomic E-state index is 13.4. The van der Waals surface area contributed by atoms with Crippen LogP contribution in [-0.4, -0.2) is 12.5 Å². The van der Waals surface area contributed by atoms with Crippen LogP contribution in [0.3, 0.4) is 0 Å². The van der Waals surface area contributed by atoms with Crippen molar-refractivity contribution in [2.45, 2.75) is 13.5 Å². The summed E-state index contributed by atoms with van der Waals surface area (Å²) in [5.41, 5.74) is 1.25. The number of hydrogen-bond donors (Lipinski definition) is 1. The molecule has 0 saturated carbocycles. The quantitative estimate of drug-likeness (QED) is 0.919. The molecule has 2 rings (SSSR count). The zero-order chi connectivity index (χ0) is 15.2. The minimum Gasteiger partial charge on any atom is -0.484 e. The fraction of sp³-hybridized carbons (Fsp3) is 0.188. The normalized spacial score (nSPS) is 10.2. The van der Waals surface area contributed by atoms with Crippen molar-refractivity contribution in [3.63, 3.8) is 0 Å². The predicted molar refractivity (Wildman–Crippen MR) is 74.9 cm³/mol. The Morgan fingerprint density at radius 1 is 1.19 bits per heavy atom. The van der Waals surface area contributed by atoms with Crippen LogP contribution < -0.4 is 10.1 Å². The van der Waals surface area contributed by atoms with Gasteiger partial charge in [-0.1, -0.05) is 18.2 Å². The maximum Gasteiger partial charge on any atom is 0.258 e. The first-order chi connectivity index (χ1) is 10.0. The Morgan fingerprint density at radius 3 is 2.71 bits per heavy atom. The lowest BCUT2D eigenvalue weighted by Crippen LogP contribution is -2.28. The fourth-order valence-corrected chi connectivity index (χ4v) is 1.76. The van der Waals surface area contributed by atoms with Crippen LogP contribution in [0.4, 0.5) is 8.78 Å². The minimum absolute atomic E-state index is 0.0118. The van der Waals surface area contributed by atoms with Crippen LogP contribution in [0.1, 0.15) is 11.1 Å². The van der Waals surface area contributed by atoms with Crippen LogP contribution in [-0.2, 0) is 11.3 Å². The van der Waals surface area contributed by atoms with Crippen LogP contribution in [0.2, 0.25) is 0 Å². The van der Waals surface area contributed by atoms with E-state index < -0.39 is 11.6 Å². The van der Waals surface area contributed by atoms with Gasteiger partial charge in [0.15, 0.2) is 6.61 Å². The highest BCUT2D eigenvalue weighted by Gasteiger charge is 2.07. The molecule has 0 saturated heterocycles. The summed E-state index contributed by atoms with van der Waals surface area (Å²) in [6, 6.07) is 10.5. The van der Waals surface area contributed by atoms with Gasteiger partial charge in [0.25, 0.3) is 5.91 Å². The largest absolute Gasteiger partial charge is 0.484 e. The fourth-order valence-electron chi connectivity index (χ4n) is 1.76. The second-order valence-electron chi connectivity index (χ2n) is 4.62. The highest BCUT2D eigenvalue weighted by Crippen LogP contribution is 2.12. The first kappa shape index (κ1) is 15.0. The summed E-state index contributed by atoms with van der Waals surface area (Å²) >= 11 is 0. The molecule has 0 unspecified atom stereocenters. The van der Waals surface area contributed by atoms with Crippen molar-refractivity contribution in [1.29, 1.82) is 0 Å². The molecule has 0 heterocycles. The molecule has 0 spiro atoms. The number of hydrogen-bond acceptors (Lipinski definition) is 2. The van der Waals surface area contributed by atoms with E-state index in [9.17, 15) is 13.6 Å². The molecule has 0 bridgehead atoms. The molecule has 2 aromatic carbocycles. The molecule has 0 radical (unpaired) electrons. The SMILES string of the molecule is Cc1cccc(OCC(=O)NCc2ccc(F)cc2F)c1. The van der Waals surface area contributed by atoms with Gasteiger partial charge in [-0.15, -0.1) is 0 Å². The number of carbonyl (C=O) groups excluding carboxylic acids is 1. The third-order valence-electron chi connectivity index (χ3n) is 2.85. The molecule has 0 aliphatic rings. The lowest BCUT2D eigenvalue weighted by molar-refractivity contribution is -0.123. The molecule has 0 aliphatic heterocycles. The second-order valence-corrected chi connectivity index (χ2v) is 4.62. The Kier molecular flexibility index (Phi) is 4.87. The van der Waals surface area contributed by atoms with Crippen molar-refractivity contribution in [2.75, 3.05) is 6.61 Å². The number of ether oxygens (including phenoxy) is 1. The van der Waals surface area contributed by atoms with Crippen LogP contribution in [0.25, 0.3) is 0 Å². The van der Waals surface area contributed by atoms with Gasteiger partial charge in [-0.05, 0) is 30.7 Å². The second kappa shape index (κ2) is 6.83. The molecule has 0 atom stereocenters. The molecular formula is C16H15F2NO2. The standard InChI is InChI=1S/C16H15F2NO2/c1-11-3-2-4-14(7-11)21-10-16(20)19-9-12-5-6-13(17)8-15(12)18/h2-8H,9-10H2,1H3,(H,19,20). The smallest absolute Gasteiger partial charge is 0.258 e. The Bertz CT molecular complexity index is 644. The molecule has 0 aromatic heterocycles. The van der Waals surface area contributed by atoms with E-state index in [0.29, 0.717) is 5.75 Å².